The van der Waals surface area contributed by atoms with Crippen LogP contribution >= 0.6 is 11.6 Å². The van der Waals surface area contributed by atoms with Crippen LogP contribution in [0.3, 0.4) is 0 Å². The molecule has 40 heavy (non-hydrogen) atoms. The van der Waals surface area contributed by atoms with Crippen LogP contribution in [0.4, 0.5) is 5.69 Å². The van der Waals surface area contributed by atoms with Crippen LogP contribution in [0.1, 0.15) is 43.7 Å². The Morgan fingerprint density at radius 3 is 2.42 bits per heavy atom. The van der Waals surface area contributed by atoms with E-state index in [0.29, 0.717) is 33.4 Å². The Morgan fingerprint density at radius 2 is 1.82 bits per heavy atom. The molecule has 1 heterocycles. The van der Waals surface area contributed by atoms with E-state index in [2.05, 4.69) is 24.7 Å². The molecular weight excluding hydrogens is 558 g/mol. The minimum Gasteiger partial charge on any atom is -0.489 e. The van der Waals surface area contributed by atoms with Gasteiger partial charge < -0.3 is 14.8 Å². The number of carbonyl (C=O) groups is 1. The van der Waals surface area contributed by atoms with Gasteiger partial charge in [0.2, 0.25) is 5.69 Å². The maximum atomic E-state index is 13.2. The first kappa shape index (κ1) is 29.5. The van der Waals surface area contributed by atoms with Gasteiger partial charge in [-0.15, -0.1) is 5.10 Å². The summed E-state index contributed by atoms with van der Waals surface area (Å²) in [6, 6.07) is 11.8. The van der Waals surface area contributed by atoms with Crippen molar-refractivity contribution >= 4 is 33.3 Å². The van der Waals surface area contributed by atoms with Crippen molar-refractivity contribution in [1.82, 2.24) is 20.3 Å². The number of rotatable bonds is 10. The lowest BCUT2D eigenvalue weighted by Gasteiger charge is -2.63. The topological polar surface area (TPSA) is 126 Å². The first-order valence-corrected chi connectivity index (χ1v) is 14.5. The molecule has 0 atom stereocenters. The summed E-state index contributed by atoms with van der Waals surface area (Å²) in [5.41, 5.74) is 1.26. The molecule has 2 aromatic carbocycles. The van der Waals surface area contributed by atoms with Crippen molar-refractivity contribution < 1.29 is 26.9 Å². The van der Waals surface area contributed by atoms with Crippen molar-refractivity contribution in [1.29, 1.82) is 0 Å². The van der Waals surface area contributed by atoms with E-state index in [1.165, 1.54) is 4.68 Å². The number of hydrogen-bond donors (Lipinski definition) is 1. The van der Waals surface area contributed by atoms with Gasteiger partial charge in [0.1, 0.15) is 17.5 Å². The number of benzene rings is 2. The Balaban J connectivity index is 1.37. The molecule has 1 saturated carbocycles. The van der Waals surface area contributed by atoms with Gasteiger partial charge in [-0.2, -0.15) is 8.42 Å². The molecule has 1 aromatic heterocycles. The second kappa shape index (κ2) is 11.2. The molecule has 1 fully saturated rings. The van der Waals surface area contributed by atoms with E-state index in [-0.39, 0.29) is 35.5 Å². The third kappa shape index (κ3) is 6.28. The minimum atomic E-state index is -3.58. The van der Waals surface area contributed by atoms with Crippen LogP contribution in [0.2, 0.25) is 5.02 Å². The summed E-state index contributed by atoms with van der Waals surface area (Å²) in [6.45, 7) is 15.0. The van der Waals surface area contributed by atoms with Gasteiger partial charge in [-0.25, -0.2) is 13.7 Å². The fourth-order valence-corrected chi connectivity index (χ4v) is 5.78. The number of halogens is 1. The minimum absolute atomic E-state index is 0.0209. The lowest BCUT2D eigenvalue weighted by atomic mass is 9.49. The zero-order valence-corrected chi connectivity index (χ0v) is 24.3. The van der Waals surface area contributed by atoms with Crippen LogP contribution in [0.5, 0.6) is 5.75 Å². The number of amides is 1. The highest BCUT2D eigenvalue weighted by molar-refractivity contribution is 7.85. The molecule has 4 rings (SSSR count). The van der Waals surface area contributed by atoms with Crippen molar-refractivity contribution in [2.45, 2.75) is 46.4 Å². The smallest absolute Gasteiger partial charge is 0.266 e. The van der Waals surface area contributed by atoms with Gasteiger partial charge >= 0.3 is 0 Å². The average Bonchev–Trinajstić information content (AvgIpc) is 3.36. The van der Waals surface area contributed by atoms with E-state index < -0.39 is 16.9 Å². The number of hydrogen-bond acceptors (Lipinski definition) is 8. The standard InChI is InChI=1S/C27H30ClN5O6S/c1-26(2)24(27(3,4)25(26)39-20-11-12-22(29-5)21(28)13-20)30-23(34)17-7-9-19(10-8-17)33-14-18(31-32-33)15-37-16-38-40(6,35)36/h7-14,24-25H,15-16H2,1-4,6H3,(H,30,34). The van der Waals surface area contributed by atoms with E-state index in [0.717, 1.165) is 6.26 Å². The first-order valence-electron chi connectivity index (χ1n) is 12.3. The Bertz CT molecular complexity index is 1530. The Morgan fingerprint density at radius 1 is 1.15 bits per heavy atom. The molecular formula is C27H30ClN5O6S. The van der Waals surface area contributed by atoms with Crippen LogP contribution in [-0.4, -0.2) is 54.5 Å². The molecule has 0 bridgehead atoms. The largest absolute Gasteiger partial charge is 0.489 e. The van der Waals surface area contributed by atoms with Crippen LogP contribution in [0.25, 0.3) is 10.5 Å². The molecule has 13 heteroatoms. The summed E-state index contributed by atoms with van der Waals surface area (Å²) >= 11 is 6.18. The second-order valence-electron chi connectivity index (χ2n) is 10.8. The van der Waals surface area contributed by atoms with Gasteiger partial charge in [0, 0.05) is 22.4 Å². The van der Waals surface area contributed by atoms with Crippen molar-refractivity contribution in [3.05, 3.63) is 76.4 Å². The van der Waals surface area contributed by atoms with E-state index in [1.807, 2.05) is 27.7 Å². The molecule has 11 nitrogen and oxygen atoms in total. The number of ether oxygens (including phenoxy) is 2. The fourth-order valence-electron chi connectivity index (χ4n) is 5.33. The lowest BCUT2D eigenvalue weighted by Crippen LogP contribution is -2.74. The molecule has 1 amide bonds. The van der Waals surface area contributed by atoms with Gasteiger partial charge in [0.25, 0.3) is 16.0 Å². The highest BCUT2D eigenvalue weighted by atomic mass is 35.5. The van der Waals surface area contributed by atoms with E-state index in [9.17, 15) is 13.2 Å². The highest BCUT2D eigenvalue weighted by Crippen LogP contribution is 2.55. The third-order valence-electron chi connectivity index (χ3n) is 6.94. The summed E-state index contributed by atoms with van der Waals surface area (Å²) in [6.07, 6.45) is 2.37. The molecule has 212 valence electrons. The maximum absolute atomic E-state index is 13.2. The summed E-state index contributed by atoms with van der Waals surface area (Å²) in [7, 11) is -3.58. The zero-order chi connectivity index (χ0) is 29.3. The van der Waals surface area contributed by atoms with Gasteiger partial charge in [-0.3, -0.25) is 4.79 Å². The molecule has 0 saturated heterocycles. The van der Waals surface area contributed by atoms with Crippen LogP contribution in [-0.2, 0) is 25.6 Å². The molecule has 0 aliphatic heterocycles. The molecule has 1 N–H and O–H groups in total. The van der Waals surface area contributed by atoms with Crippen molar-refractivity contribution in [2.75, 3.05) is 13.0 Å². The Labute approximate surface area is 238 Å². The zero-order valence-electron chi connectivity index (χ0n) is 22.7. The summed E-state index contributed by atoms with van der Waals surface area (Å²) < 4.78 is 39.4. The maximum Gasteiger partial charge on any atom is 0.266 e. The van der Waals surface area contributed by atoms with Gasteiger partial charge in [-0.1, -0.05) is 50.6 Å². The number of nitrogens with zero attached hydrogens (tertiary/aromatic N) is 4. The quantitative estimate of drug-likeness (QED) is 0.159. The monoisotopic (exact) mass is 587 g/mol. The van der Waals surface area contributed by atoms with Gasteiger partial charge in [-0.05, 0) is 36.4 Å². The predicted octanol–water partition coefficient (Wildman–Crippen LogP) is 4.53. The molecule has 0 spiro atoms. The van der Waals surface area contributed by atoms with Crippen molar-refractivity contribution in [3.63, 3.8) is 0 Å². The number of aromatic nitrogens is 3. The predicted molar refractivity (Wildman–Crippen MR) is 148 cm³/mol. The molecule has 1 aliphatic rings. The van der Waals surface area contributed by atoms with E-state index in [4.69, 9.17) is 27.6 Å². The number of nitrogens with one attached hydrogen (secondary N) is 1. The Kier molecular flexibility index (Phi) is 8.23. The summed E-state index contributed by atoms with van der Waals surface area (Å²) in [5, 5.41) is 11.6. The lowest BCUT2D eigenvalue weighted by molar-refractivity contribution is -0.164. The van der Waals surface area contributed by atoms with Gasteiger partial charge in [0.05, 0.1) is 36.3 Å². The molecule has 1 aliphatic carbocycles. The fraction of sp³-hybridized carbons (Fsp3) is 0.407. The Hall–Kier alpha value is -3.50. The van der Waals surface area contributed by atoms with Crippen LogP contribution in [0.15, 0.2) is 48.7 Å². The summed E-state index contributed by atoms with van der Waals surface area (Å²) in [4.78, 5) is 16.5. The first-order chi connectivity index (χ1) is 18.7. The van der Waals surface area contributed by atoms with Gasteiger partial charge in [0.15, 0.2) is 6.79 Å². The van der Waals surface area contributed by atoms with Crippen LogP contribution in [0, 0.1) is 17.4 Å². The molecule has 3 aromatic rings. The third-order valence-corrected chi connectivity index (χ3v) is 7.77. The van der Waals surface area contributed by atoms with Crippen molar-refractivity contribution in [2.24, 2.45) is 10.8 Å². The van der Waals surface area contributed by atoms with E-state index >= 15 is 0 Å². The highest BCUT2D eigenvalue weighted by Gasteiger charge is 2.64. The average molecular weight is 588 g/mol. The van der Waals surface area contributed by atoms with Crippen LogP contribution < -0.4 is 10.1 Å². The second-order valence-corrected chi connectivity index (χ2v) is 12.8. The van der Waals surface area contributed by atoms with Crippen molar-refractivity contribution in [3.8, 4) is 11.4 Å². The molecule has 0 unspecified atom stereocenters. The molecule has 0 radical (unpaired) electrons. The number of carbonyl (C=O) groups excluding carboxylic acids is 1. The summed E-state index contributed by atoms with van der Waals surface area (Å²) in [5.74, 6) is 0.369. The normalized spacial score (nSPS) is 19.3. The SMILES string of the molecule is [C-]#[N+]c1ccc(OC2C(C)(C)C(NC(=O)c3ccc(-n4cc(COCOS(C)(=O)=O)nn4)cc3)C2(C)C)cc1Cl. The van der Waals surface area contributed by atoms with E-state index in [1.54, 1.807) is 48.7 Å².